The molecule has 0 aliphatic rings. The third-order valence-electron chi connectivity index (χ3n) is 5.83. The minimum Gasteiger partial charge on any atom is -0.343 e. The van der Waals surface area contributed by atoms with Gasteiger partial charge in [0.2, 0.25) is 0 Å². The van der Waals surface area contributed by atoms with Gasteiger partial charge in [-0.15, -0.1) is 0 Å². The van der Waals surface area contributed by atoms with Crippen molar-refractivity contribution in [1.29, 1.82) is 0 Å². The Kier molecular flexibility index (Phi) is 7.40. The predicted octanol–water partition coefficient (Wildman–Crippen LogP) is 6.86. The summed E-state index contributed by atoms with van der Waals surface area (Å²) in [6.07, 6.45) is 8.82. The number of halogens is 2. The zero-order valence-electron chi connectivity index (χ0n) is 20.7. The summed E-state index contributed by atoms with van der Waals surface area (Å²) in [5.74, 6) is 0.644. The van der Waals surface area contributed by atoms with E-state index in [2.05, 4.69) is 56.1 Å². The molecule has 5 nitrogen and oxygen atoms in total. The van der Waals surface area contributed by atoms with Gasteiger partial charge in [-0.25, -0.2) is 18.0 Å². The fourth-order valence-electron chi connectivity index (χ4n) is 4.11. The molecule has 2 heterocycles. The van der Waals surface area contributed by atoms with E-state index in [9.17, 15) is 13.0 Å². The third kappa shape index (κ3) is 5.70. The van der Waals surface area contributed by atoms with Crippen molar-refractivity contribution in [2.24, 2.45) is 0 Å². The van der Waals surface area contributed by atoms with Gasteiger partial charge in [0.05, 0.1) is 14.6 Å². The van der Waals surface area contributed by atoms with E-state index in [1.165, 1.54) is 29.9 Å². The first kappa shape index (κ1) is 26.0. The minimum atomic E-state index is -3.45. The Labute approximate surface area is 216 Å². The Hall–Kier alpha value is -4.04. The van der Waals surface area contributed by atoms with E-state index in [1.54, 1.807) is 6.92 Å². The zero-order chi connectivity index (χ0) is 26.6. The van der Waals surface area contributed by atoms with Crippen LogP contribution >= 0.6 is 0 Å². The van der Waals surface area contributed by atoms with Crippen molar-refractivity contribution in [1.82, 2.24) is 14.5 Å². The topological polar surface area (TPSA) is 59.8 Å². The van der Waals surface area contributed by atoms with Crippen molar-refractivity contribution >= 4 is 32.3 Å². The number of para-hydroxylation sites is 1. The number of aromatic nitrogens is 3. The number of anilines is 1. The SMILES string of the molecule is C=C/C(=C(\C=C/C)C(C)(F)F)S(=C)(=O)Nc1nccnc1-c1ccc(Cn2ccc3ccccc32)cc1. The van der Waals surface area contributed by atoms with E-state index < -0.39 is 21.2 Å². The second kappa shape index (κ2) is 10.5. The first-order valence-electron chi connectivity index (χ1n) is 11.6. The van der Waals surface area contributed by atoms with Gasteiger partial charge in [0, 0.05) is 48.7 Å². The molecule has 0 radical (unpaired) electrons. The van der Waals surface area contributed by atoms with E-state index in [0.29, 0.717) is 12.2 Å². The highest BCUT2D eigenvalue weighted by atomic mass is 32.2. The van der Waals surface area contributed by atoms with Crippen LogP contribution < -0.4 is 4.72 Å². The lowest BCUT2D eigenvalue weighted by atomic mass is 10.1. The minimum absolute atomic E-state index is 0.172. The van der Waals surface area contributed by atoms with Gasteiger partial charge >= 0.3 is 0 Å². The van der Waals surface area contributed by atoms with E-state index in [1.807, 2.05) is 36.4 Å². The maximum atomic E-state index is 14.3. The van der Waals surface area contributed by atoms with Gasteiger partial charge in [-0.1, -0.05) is 67.3 Å². The summed E-state index contributed by atoms with van der Waals surface area (Å²) in [4.78, 5) is 8.50. The largest absolute Gasteiger partial charge is 0.343 e. The lowest BCUT2D eigenvalue weighted by molar-refractivity contribution is 0.0672. The zero-order valence-corrected chi connectivity index (χ0v) is 21.5. The molecule has 2 aromatic carbocycles. The number of nitrogens with zero attached hydrogens (tertiary/aromatic N) is 3. The average Bonchev–Trinajstić information content (AvgIpc) is 3.27. The summed E-state index contributed by atoms with van der Waals surface area (Å²) in [6, 6.07) is 18.0. The predicted molar refractivity (Wildman–Crippen MR) is 150 cm³/mol. The van der Waals surface area contributed by atoms with E-state index in [-0.39, 0.29) is 10.7 Å². The quantitative estimate of drug-likeness (QED) is 0.194. The van der Waals surface area contributed by atoms with Crippen LogP contribution in [-0.2, 0) is 16.3 Å². The van der Waals surface area contributed by atoms with Gasteiger partial charge in [0.15, 0.2) is 5.82 Å². The Balaban J connectivity index is 1.65. The van der Waals surface area contributed by atoms with Crippen LogP contribution in [-0.4, -0.2) is 30.5 Å². The first-order chi connectivity index (χ1) is 17.6. The molecule has 4 aromatic rings. The monoisotopic (exact) mass is 518 g/mol. The van der Waals surface area contributed by atoms with Gasteiger partial charge < -0.3 is 4.57 Å². The maximum absolute atomic E-state index is 14.3. The highest BCUT2D eigenvalue weighted by Gasteiger charge is 2.31. The Morgan fingerprint density at radius 2 is 1.81 bits per heavy atom. The smallest absolute Gasteiger partial charge is 0.271 e. The molecular weight excluding hydrogens is 490 g/mol. The number of nitrogens with one attached hydrogen (secondary N) is 1. The van der Waals surface area contributed by atoms with E-state index in [0.717, 1.165) is 29.6 Å². The molecule has 0 saturated heterocycles. The average molecular weight is 519 g/mol. The van der Waals surface area contributed by atoms with Crippen molar-refractivity contribution in [2.45, 2.75) is 26.3 Å². The third-order valence-corrected chi connectivity index (χ3v) is 7.45. The van der Waals surface area contributed by atoms with Crippen LogP contribution in [0.3, 0.4) is 0 Å². The van der Waals surface area contributed by atoms with Crippen molar-refractivity contribution in [3.63, 3.8) is 0 Å². The molecule has 0 fully saturated rings. The number of rotatable bonds is 9. The molecule has 190 valence electrons. The molecule has 0 amide bonds. The van der Waals surface area contributed by atoms with Crippen molar-refractivity contribution < 1.29 is 13.0 Å². The summed E-state index contributed by atoms with van der Waals surface area (Å²) in [5.41, 5.74) is 2.96. The highest BCUT2D eigenvalue weighted by molar-refractivity contribution is 8.05. The van der Waals surface area contributed by atoms with Gasteiger partial charge in [-0.3, -0.25) is 9.71 Å². The van der Waals surface area contributed by atoms with Gasteiger partial charge in [0.1, 0.15) is 5.69 Å². The standard InChI is InChI=1S/C29H28F2N4OS/c1-5-9-24(29(3,30)31)26(6-2)37(4,36)34-28-27(32-17-18-33-28)23-14-12-21(13-15-23)20-35-19-16-22-10-7-8-11-25(22)35/h5-19H,2,4,20H2,1,3H3,(H,33,34,36)/b9-5-,26-24-. The highest BCUT2D eigenvalue weighted by Crippen LogP contribution is 2.32. The van der Waals surface area contributed by atoms with E-state index in [4.69, 9.17) is 0 Å². The number of benzene rings is 2. The molecule has 4 rings (SSSR count). The van der Waals surface area contributed by atoms with Gasteiger partial charge in [0.25, 0.3) is 5.92 Å². The van der Waals surface area contributed by atoms with Crippen LogP contribution in [0.2, 0.25) is 0 Å². The van der Waals surface area contributed by atoms with Crippen LogP contribution in [0.5, 0.6) is 0 Å². The van der Waals surface area contributed by atoms with Gasteiger partial charge in [-0.05, 0) is 35.9 Å². The van der Waals surface area contributed by atoms with Crippen LogP contribution in [0, 0.1) is 0 Å². The van der Waals surface area contributed by atoms with Crippen LogP contribution in [0.4, 0.5) is 14.6 Å². The molecule has 1 atom stereocenters. The second-order valence-electron chi connectivity index (χ2n) is 8.60. The molecule has 37 heavy (non-hydrogen) atoms. The summed E-state index contributed by atoms with van der Waals surface area (Å²) in [6.45, 7) is 6.64. The molecule has 1 N–H and O–H groups in total. The number of hydrogen-bond donors (Lipinski definition) is 1. The Morgan fingerprint density at radius 1 is 1.11 bits per heavy atom. The molecular formula is C29H28F2N4OS. The summed E-state index contributed by atoms with van der Waals surface area (Å²) >= 11 is 0. The molecule has 0 aliphatic carbocycles. The Morgan fingerprint density at radius 3 is 2.49 bits per heavy atom. The van der Waals surface area contributed by atoms with Crippen molar-refractivity contribution in [3.8, 4) is 11.3 Å². The summed E-state index contributed by atoms with van der Waals surface area (Å²) in [7, 11) is -3.45. The maximum Gasteiger partial charge on any atom is 0.271 e. The molecule has 0 bridgehead atoms. The molecule has 2 aromatic heterocycles. The van der Waals surface area contributed by atoms with E-state index >= 15 is 0 Å². The number of fused-ring (bicyclic) bond motifs is 1. The van der Waals surface area contributed by atoms with Crippen LogP contribution in [0.25, 0.3) is 22.2 Å². The number of hydrogen-bond acceptors (Lipinski definition) is 3. The van der Waals surface area contributed by atoms with Crippen molar-refractivity contribution in [2.75, 3.05) is 4.72 Å². The first-order valence-corrected chi connectivity index (χ1v) is 13.3. The summed E-state index contributed by atoms with van der Waals surface area (Å²) < 4.78 is 47.1. The lowest BCUT2D eigenvalue weighted by Gasteiger charge is -2.20. The lowest BCUT2D eigenvalue weighted by Crippen LogP contribution is -2.22. The molecule has 0 saturated carbocycles. The normalized spacial score (nSPS) is 14.4. The summed E-state index contributed by atoms with van der Waals surface area (Å²) in [5, 5.41) is 1.18. The molecule has 8 heteroatoms. The second-order valence-corrected chi connectivity index (χ2v) is 10.6. The number of allylic oxidation sites excluding steroid dienone is 4. The molecule has 1 unspecified atom stereocenters. The molecule has 0 spiro atoms. The van der Waals surface area contributed by atoms with Crippen LogP contribution in [0.1, 0.15) is 19.4 Å². The van der Waals surface area contributed by atoms with Crippen molar-refractivity contribution in [3.05, 3.63) is 114 Å². The van der Waals surface area contributed by atoms with Crippen LogP contribution in [0.15, 0.2) is 108 Å². The van der Waals surface area contributed by atoms with Gasteiger partial charge in [-0.2, -0.15) is 0 Å². The molecule has 0 aliphatic heterocycles. The fraction of sp³-hybridized carbons (Fsp3) is 0.138. The Bertz CT molecular complexity index is 1590. The fourth-order valence-corrected chi connectivity index (χ4v) is 5.56. The number of alkyl halides is 2.